The molecule has 1 aromatic rings. The Hall–Kier alpha value is -1.05. The summed E-state index contributed by atoms with van der Waals surface area (Å²) in [7, 11) is 0. The van der Waals surface area contributed by atoms with E-state index in [0.717, 1.165) is 0 Å². The van der Waals surface area contributed by atoms with Gasteiger partial charge in [0, 0.05) is 0 Å². The first-order valence-electron chi connectivity index (χ1n) is 3.58. The molecule has 2 unspecified atom stereocenters. The minimum absolute atomic E-state index is 0.00287. The Kier molecular flexibility index (Phi) is 3.50. The van der Waals surface area contributed by atoms with Crippen LogP contribution >= 0.6 is 15.9 Å². The second kappa shape index (κ2) is 4.45. The molecule has 1 heterocycles. The van der Waals surface area contributed by atoms with E-state index in [1.54, 1.807) is 0 Å². The van der Waals surface area contributed by atoms with Crippen LogP contribution in [0.15, 0.2) is 17.0 Å². The van der Waals surface area contributed by atoms with Crippen molar-refractivity contribution in [1.82, 2.24) is 9.97 Å². The maximum absolute atomic E-state index is 10.3. The van der Waals surface area contributed by atoms with Gasteiger partial charge in [-0.25, -0.2) is 9.78 Å². The van der Waals surface area contributed by atoms with Crippen molar-refractivity contribution in [3.05, 3.63) is 22.7 Å². The molecule has 7 heteroatoms. The Labute approximate surface area is 87.4 Å². The van der Waals surface area contributed by atoms with Gasteiger partial charge in [0.25, 0.3) is 0 Å². The summed E-state index contributed by atoms with van der Waals surface area (Å²) >= 11 is 3.03. The lowest BCUT2D eigenvalue weighted by Gasteiger charge is -2.12. The molecule has 0 spiro atoms. The Bertz CT molecular complexity index is 329. The summed E-state index contributed by atoms with van der Waals surface area (Å²) in [5, 5.41) is 26.7. The molecule has 0 aliphatic rings. The van der Waals surface area contributed by atoms with Crippen LogP contribution in [0.1, 0.15) is 11.8 Å². The second-order valence-corrected chi connectivity index (χ2v) is 3.30. The van der Waals surface area contributed by atoms with Gasteiger partial charge in [-0.15, -0.1) is 0 Å². The number of aliphatic carboxylic acids is 1. The first kappa shape index (κ1) is 11.0. The molecule has 1 rings (SSSR count). The highest BCUT2D eigenvalue weighted by Gasteiger charge is 2.26. The summed E-state index contributed by atoms with van der Waals surface area (Å²) < 4.78 is 0.457. The molecule has 6 nitrogen and oxygen atoms in total. The number of hydrogen-bond donors (Lipinski definition) is 3. The van der Waals surface area contributed by atoms with Crippen molar-refractivity contribution in [2.45, 2.75) is 12.2 Å². The van der Waals surface area contributed by atoms with Crippen LogP contribution in [0.5, 0.6) is 0 Å². The third-order valence-electron chi connectivity index (χ3n) is 1.50. The minimum Gasteiger partial charge on any atom is -0.479 e. The topological polar surface area (TPSA) is 104 Å². The molecule has 0 aliphatic carbocycles. The molecule has 0 bridgehead atoms. The van der Waals surface area contributed by atoms with Crippen LogP contribution < -0.4 is 0 Å². The van der Waals surface area contributed by atoms with Gasteiger partial charge in [0.05, 0.1) is 18.1 Å². The minimum atomic E-state index is -1.90. The fraction of sp³-hybridized carbons (Fsp3) is 0.286. The fourth-order valence-electron chi connectivity index (χ4n) is 0.772. The maximum Gasteiger partial charge on any atom is 0.335 e. The number of rotatable bonds is 3. The zero-order valence-electron chi connectivity index (χ0n) is 6.83. The molecule has 0 aliphatic heterocycles. The Balaban J connectivity index is 2.84. The zero-order valence-corrected chi connectivity index (χ0v) is 8.42. The smallest absolute Gasteiger partial charge is 0.335 e. The monoisotopic (exact) mass is 262 g/mol. The Morgan fingerprint density at radius 2 is 2.00 bits per heavy atom. The van der Waals surface area contributed by atoms with Gasteiger partial charge in [-0.05, 0) is 15.9 Å². The van der Waals surface area contributed by atoms with E-state index >= 15 is 0 Å². The molecule has 0 amide bonds. The summed E-state index contributed by atoms with van der Waals surface area (Å²) in [6.45, 7) is 0. The molecule has 14 heavy (non-hydrogen) atoms. The number of aliphatic hydroxyl groups is 2. The number of aliphatic hydroxyl groups excluding tert-OH is 2. The van der Waals surface area contributed by atoms with E-state index in [2.05, 4.69) is 25.9 Å². The van der Waals surface area contributed by atoms with E-state index in [1.807, 2.05) is 0 Å². The van der Waals surface area contributed by atoms with Crippen molar-refractivity contribution in [1.29, 1.82) is 0 Å². The number of carboxylic acid groups (broad SMARTS) is 1. The molecule has 3 N–H and O–H groups in total. The van der Waals surface area contributed by atoms with Crippen molar-refractivity contribution in [2.24, 2.45) is 0 Å². The third kappa shape index (κ3) is 2.47. The fourth-order valence-corrected chi connectivity index (χ4v) is 0.977. The molecule has 76 valence electrons. The predicted octanol–water partition coefficient (Wildman–Crippen LogP) is -0.282. The molecule has 2 atom stereocenters. The van der Waals surface area contributed by atoms with Crippen LogP contribution in [-0.2, 0) is 4.79 Å². The second-order valence-electron chi connectivity index (χ2n) is 2.49. The van der Waals surface area contributed by atoms with Crippen LogP contribution in [0.4, 0.5) is 0 Å². The van der Waals surface area contributed by atoms with Gasteiger partial charge in [-0.2, -0.15) is 0 Å². The molecule has 0 fully saturated rings. The van der Waals surface area contributed by atoms with Crippen LogP contribution in [-0.4, -0.2) is 37.4 Å². The summed E-state index contributed by atoms with van der Waals surface area (Å²) in [4.78, 5) is 17.7. The van der Waals surface area contributed by atoms with Gasteiger partial charge in [0.2, 0.25) is 0 Å². The lowest BCUT2D eigenvalue weighted by atomic mass is 10.1. The highest BCUT2D eigenvalue weighted by molar-refractivity contribution is 9.10. The van der Waals surface area contributed by atoms with Crippen molar-refractivity contribution < 1.29 is 20.1 Å². The summed E-state index contributed by atoms with van der Waals surface area (Å²) in [5.41, 5.74) is 0.00287. The quantitative estimate of drug-likeness (QED) is 0.692. The van der Waals surface area contributed by atoms with Crippen LogP contribution in [0.3, 0.4) is 0 Å². The van der Waals surface area contributed by atoms with Gasteiger partial charge in [-0.1, -0.05) is 0 Å². The first-order chi connectivity index (χ1) is 6.52. The van der Waals surface area contributed by atoms with E-state index in [9.17, 15) is 9.90 Å². The molecule has 1 aromatic heterocycles. The van der Waals surface area contributed by atoms with Crippen molar-refractivity contribution in [3.8, 4) is 0 Å². The number of nitrogens with zero attached hydrogens (tertiary/aromatic N) is 2. The molecule has 0 radical (unpaired) electrons. The van der Waals surface area contributed by atoms with E-state index in [0.29, 0.717) is 4.60 Å². The first-order valence-corrected chi connectivity index (χ1v) is 4.38. The van der Waals surface area contributed by atoms with Crippen LogP contribution in [0.25, 0.3) is 0 Å². The SMILES string of the molecule is O=C(O)C(O)C(O)c1cnc(Br)cn1. The standard InChI is InChI=1S/C7H7BrN2O4/c8-4-2-9-3(1-10-4)5(11)6(12)7(13)14/h1-2,5-6,11-12H,(H,13,14). The van der Waals surface area contributed by atoms with Gasteiger partial charge < -0.3 is 15.3 Å². The maximum atomic E-state index is 10.3. The largest absolute Gasteiger partial charge is 0.479 e. The van der Waals surface area contributed by atoms with Gasteiger partial charge in [0.1, 0.15) is 10.7 Å². The molecular weight excluding hydrogens is 256 g/mol. The highest BCUT2D eigenvalue weighted by Crippen LogP contribution is 2.14. The Morgan fingerprint density at radius 1 is 1.36 bits per heavy atom. The normalized spacial score (nSPS) is 14.8. The predicted molar refractivity (Wildman–Crippen MR) is 48.3 cm³/mol. The van der Waals surface area contributed by atoms with E-state index < -0.39 is 18.2 Å². The number of carbonyl (C=O) groups is 1. The number of halogens is 1. The zero-order chi connectivity index (χ0) is 10.7. The lowest BCUT2D eigenvalue weighted by Crippen LogP contribution is -2.28. The van der Waals surface area contributed by atoms with Gasteiger partial charge >= 0.3 is 5.97 Å². The lowest BCUT2D eigenvalue weighted by molar-refractivity contribution is -0.153. The van der Waals surface area contributed by atoms with Crippen molar-refractivity contribution >= 4 is 21.9 Å². The van der Waals surface area contributed by atoms with E-state index in [4.69, 9.17) is 10.2 Å². The van der Waals surface area contributed by atoms with Crippen LogP contribution in [0, 0.1) is 0 Å². The van der Waals surface area contributed by atoms with Gasteiger partial charge in [0.15, 0.2) is 6.10 Å². The van der Waals surface area contributed by atoms with Crippen molar-refractivity contribution in [3.63, 3.8) is 0 Å². The number of carboxylic acids is 1. The average molecular weight is 263 g/mol. The van der Waals surface area contributed by atoms with Crippen LogP contribution in [0.2, 0.25) is 0 Å². The average Bonchev–Trinajstić information content (AvgIpc) is 2.16. The molecule has 0 aromatic carbocycles. The molecular formula is C7H7BrN2O4. The van der Waals surface area contributed by atoms with Gasteiger partial charge in [-0.3, -0.25) is 4.98 Å². The number of aromatic nitrogens is 2. The summed E-state index contributed by atoms with van der Waals surface area (Å²) in [6.07, 6.45) is -0.993. The molecule has 0 saturated carbocycles. The van der Waals surface area contributed by atoms with E-state index in [1.165, 1.54) is 12.4 Å². The van der Waals surface area contributed by atoms with E-state index in [-0.39, 0.29) is 5.69 Å². The summed E-state index contributed by atoms with van der Waals surface area (Å²) in [6, 6.07) is 0. The third-order valence-corrected chi connectivity index (χ3v) is 1.90. The Morgan fingerprint density at radius 3 is 2.43 bits per heavy atom. The highest BCUT2D eigenvalue weighted by atomic mass is 79.9. The van der Waals surface area contributed by atoms with Crippen molar-refractivity contribution in [2.75, 3.05) is 0 Å². The molecule has 0 saturated heterocycles. The summed E-state index contributed by atoms with van der Waals surface area (Å²) in [5.74, 6) is -1.51. The number of hydrogen-bond acceptors (Lipinski definition) is 5.